The Hall–Kier alpha value is -3.53. The molecule has 15 heteroatoms. The molecule has 0 unspecified atom stereocenters. The van der Waals surface area contributed by atoms with Crippen molar-refractivity contribution < 1.29 is 30.4 Å². The first-order chi connectivity index (χ1) is 20.2. The second kappa shape index (κ2) is 11.9. The summed E-state index contributed by atoms with van der Waals surface area (Å²) >= 11 is 0. The summed E-state index contributed by atoms with van der Waals surface area (Å²) in [6.07, 6.45) is 7.03. The molecule has 3 aromatic heterocycles. The van der Waals surface area contributed by atoms with Gasteiger partial charge in [0.2, 0.25) is 0 Å². The molecule has 0 amide bonds. The van der Waals surface area contributed by atoms with Crippen LogP contribution in [0.5, 0.6) is 0 Å². The van der Waals surface area contributed by atoms with Crippen LogP contribution in [0.3, 0.4) is 0 Å². The Morgan fingerprint density at radius 2 is 1.77 bits per heavy atom. The first-order valence-corrected chi connectivity index (χ1v) is 17.4. The number of anilines is 1. The fourth-order valence-corrected chi connectivity index (χ4v) is 6.39. The average Bonchev–Trinajstić information content (AvgIpc) is 3.31. The Labute approximate surface area is 248 Å². The molecular weight excluding hydrogens is 602 g/mol. The van der Waals surface area contributed by atoms with Crippen molar-refractivity contribution in [3.63, 3.8) is 0 Å². The van der Waals surface area contributed by atoms with Crippen LogP contribution in [0.1, 0.15) is 18.3 Å². The van der Waals surface area contributed by atoms with Gasteiger partial charge >= 0.3 is 0 Å². The second-order valence-electron chi connectivity index (χ2n) is 11.0. The number of pyridine rings is 1. The monoisotopic (exact) mass is 634 g/mol. The molecule has 0 radical (unpaired) electrons. The summed E-state index contributed by atoms with van der Waals surface area (Å²) in [5, 5.41) is 4.45. The van der Waals surface area contributed by atoms with Crippen molar-refractivity contribution in [1.82, 2.24) is 19.6 Å². The van der Waals surface area contributed by atoms with Crippen LogP contribution in [0, 0.1) is 17.6 Å². The fourth-order valence-electron chi connectivity index (χ4n) is 5.36. The summed E-state index contributed by atoms with van der Waals surface area (Å²) < 4.78 is 83.9. The summed E-state index contributed by atoms with van der Waals surface area (Å²) in [5.41, 5.74) is 8.32. The zero-order chi connectivity index (χ0) is 31.1. The smallest absolute Gasteiger partial charge is 0.175 e. The van der Waals surface area contributed by atoms with Gasteiger partial charge in [0.15, 0.2) is 9.84 Å². The van der Waals surface area contributed by atoms with Gasteiger partial charge in [-0.15, -0.1) is 0 Å². The normalized spacial score (nSPS) is 19.7. The van der Waals surface area contributed by atoms with E-state index in [9.17, 15) is 25.6 Å². The molecule has 1 aliphatic heterocycles. The minimum absolute atomic E-state index is 0.0136. The molecule has 1 saturated heterocycles. The van der Waals surface area contributed by atoms with Gasteiger partial charge in [-0.25, -0.2) is 35.1 Å². The van der Waals surface area contributed by atoms with E-state index in [1.54, 1.807) is 24.7 Å². The summed E-state index contributed by atoms with van der Waals surface area (Å²) in [7, 11) is -6.95. The van der Waals surface area contributed by atoms with Crippen molar-refractivity contribution in [2.75, 3.05) is 42.9 Å². The van der Waals surface area contributed by atoms with Gasteiger partial charge < -0.3 is 15.4 Å². The zero-order valence-corrected chi connectivity index (χ0v) is 25.4. The molecular formula is C28H32F2N6O5S2. The highest BCUT2D eigenvalue weighted by Crippen LogP contribution is 2.30. The van der Waals surface area contributed by atoms with Crippen molar-refractivity contribution in [2.24, 2.45) is 11.7 Å². The molecule has 0 bridgehead atoms. The largest absolute Gasteiger partial charge is 0.375 e. The Bertz CT molecular complexity index is 1850. The van der Waals surface area contributed by atoms with E-state index in [2.05, 4.69) is 20.0 Å². The number of rotatable bonds is 9. The minimum atomic E-state index is -3.81. The number of sulfone groups is 2. The number of halogens is 2. The molecule has 43 heavy (non-hydrogen) atoms. The third-order valence-electron chi connectivity index (χ3n) is 7.41. The Kier molecular flexibility index (Phi) is 8.53. The number of benzene rings is 1. The van der Waals surface area contributed by atoms with Gasteiger partial charge in [0.05, 0.1) is 46.3 Å². The van der Waals surface area contributed by atoms with E-state index in [0.717, 1.165) is 29.6 Å². The minimum Gasteiger partial charge on any atom is -0.375 e. The second-order valence-corrected chi connectivity index (χ2v) is 15.2. The molecule has 0 saturated carbocycles. The van der Waals surface area contributed by atoms with Crippen LogP contribution in [-0.2, 0) is 30.8 Å². The van der Waals surface area contributed by atoms with Crippen LogP contribution >= 0.6 is 0 Å². The van der Waals surface area contributed by atoms with Gasteiger partial charge in [-0.2, -0.15) is 5.10 Å². The number of aromatic nitrogens is 4. The van der Waals surface area contributed by atoms with Crippen molar-refractivity contribution in [1.29, 1.82) is 0 Å². The number of hydrogen-bond donors (Lipinski definition) is 1. The lowest BCUT2D eigenvalue weighted by molar-refractivity contribution is 0.00179. The molecule has 11 nitrogen and oxygen atoms in total. The molecule has 1 aliphatic rings. The highest BCUT2D eigenvalue weighted by atomic mass is 32.2. The quantitative estimate of drug-likeness (QED) is 0.291. The lowest BCUT2D eigenvalue weighted by Crippen LogP contribution is -2.57. The zero-order valence-electron chi connectivity index (χ0n) is 23.8. The molecule has 4 heterocycles. The van der Waals surface area contributed by atoms with E-state index in [0.29, 0.717) is 30.9 Å². The van der Waals surface area contributed by atoms with Gasteiger partial charge in [0.25, 0.3) is 0 Å². The van der Waals surface area contributed by atoms with Crippen molar-refractivity contribution in [2.45, 2.75) is 30.4 Å². The molecule has 2 N–H and O–H groups in total. The van der Waals surface area contributed by atoms with E-state index < -0.39 is 41.8 Å². The lowest BCUT2D eigenvalue weighted by atomic mass is 9.91. The van der Waals surface area contributed by atoms with Crippen LogP contribution in [0.25, 0.3) is 16.8 Å². The summed E-state index contributed by atoms with van der Waals surface area (Å²) in [6.45, 7) is 3.17. The van der Waals surface area contributed by atoms with Crippen molar-refractivity contribution in [3.05, 3.63) is 71.9 Å². The Balaban J connectivity index is 1.40. The number of hydrogen-bond acceptors (Lipinski definition) is 10. The van der Waals surface area contributed by atoms with Gasteiger partial charge in [-0.05, 0) is 30.3 Å². The maximum atomic E-state index is 14.9. The molecule has 0 aliphatic carbocycles. The van der Waals surface area contributed by atoms with Crippen LogP contribution in [0.4, 0.5) is 14.5 Å². The Morgan fingerprint density at radius 3 is 2.42 bits per heavy atom. The molecule has 3 atom stereocenters. The van der Waals surface area contributed by atoms with Crippen LogP contribution in [0.15, 0.2) is 53.8 Å². The number of imidazole rings is 1. The van der Waals surface area contributed by atoms with Crippen molar-refractivity contribution in [3.8, 4) is 11.3 Å². The standard InChI is InChI=1S/C28H32F2N6O5S2/c1-17-15-35(16-23(31)28(17)41-8-9-42(2,37)38)25-6-7-32-13-18(25)10-26-33-14-19-4-5-24(34-36(19)26)27-21(29)11-20(12-22(27)30)43(3,39)40/h4-7,11-14,17,23,28H,8-10,15-16,31H2,1-3H3/t17-,23+,28-/m0/s1. The summed E-state index contributed by atoms with van der Waals surface area (Å²) in [4.78, 5) is 10.5. The van der Waals surface area contributed by atoms with E-state index in [-0.39, 0.29) is 36.1 Å². The summed E-state index contributed by atoms with van der Waals surface area (Å²) in [6, 6.07) is 6.15. The summed E-state index contributed by atoms with van der Waals surface area (Å²) in [5.74, 6) is -1.65. The predicted molar refractivity (Wildman–Crippen MR) is 157 cm³/mol. The third-order valence-corrected chi connectivity index (χ3v) is 9.41. The third kappa shape index (κ3) is 6.84. The topological polar surface area (TPSA) is 150 Å². The maximum Gasteiger partial charge on any atom is 0.175 e. The number of piperidine rings is 1. The molecule has 1 fully saturated rings. The van der Waals surface area contributed by atoms with Crippen LogP contribution in [0.2, 0.25) is 0 Å². The van der Waals surface area contributed by atoms with E-state index in [1.807, 2.05) is 13.0 Å². The van der Waals surface area contributed by atoms with E-state index in [1.165, 1.54) is 16.8 Å². The molecule has 230 valence electrons. The lowest BCUT2D eigenvalue weighted by Gasteiger charge is -2.42. The SMILES string of the molecule is C[C@H]1CN(c2ccncc2Cc2ncc3ccc(-c4c(F)cc(S(C)(=O)=O)cc4F)nn23)C[C@@H](N)[C@H]1OCCS(C)(=O)=O. The van der Waals surface area contributed by atoms with Crippen molar-refractivity contribution >= 4 is 30.9 Å². The van der Waals surface area contributed by atoms with Gasteiger partial charge in [0.1, 0.15) is 27.3 Å². The molecule has 1 aromatic carbocycles. The number of fused-ring (bicyclic) bond motifs is 1. The Morgan fingerprint density at radius 1 is 1.05 bits per heavy atom. The fraction of sp³-hybridized carbons (Fsp3) is 0.393. The van der Waals surface area contributed by atoms with Crippen LogP contribution in [-0.4, -0.2) is 86.5 Å². The highest BCUT2D eigenvalue weighted by molar-refractivity contribution is 7.91. The maximum absolute atomic E-state index is 14.9. The van der Waals surface area contributed by atoms with Gasteiger partial charge in [-0.1, -0.05) is 6.92 Å². The first kappa shape index (κ1) is 30.9. The first-order valence-electron chi connectivity index (χ1n) is 13.5. The van der Waals surface area contributed by atoms with Gasteiger partial charge in [-0.3, -0.25) is 4.98 Å². The highest BCUT2D eigenvalue weighted by Gasteiger charge is 2.34. The number of nitrogens with two attached hydrogens (primary N) is 1. The van der Waals surface area contributed by atoms with Gasteiger partial charge in [0, 0.05) is 67.6 Å². The van der Waals surface area contributed by atoms with E-state index in [4.69, 9.17) is 10.5 Å². The molecule has 5 rings (SSSR count). The van der Waals surface area contributed by atoms with Crippen LogP contribution < -0.4 is 10.6 Å². The molecule has 4 aromatic rings. The van der Waals surface area contributed by atoms with E-state index >= 15 is 0 Å². The number of nitrogens with zero attached hydrogens (tertiary/aromatic N) is 5. The average molecular weight is 635 g/mol. The molecule has 0 spiro atoms. The number of ether oxygens (including phenoxy) is 1. The predicted octanol–water partition coefficient (Wildman–Crippen LogP) is 2.28.